The Morgan fingerprint density at radius 3 is 2.05 bits per heavy atom. The molecular formula is C16H26NO4P. The maximum atomic E-state index is 12.5. The van der Waals surface area contributed by atoms with E-state index in [1.54, 1.807) is 27.8 Å². The lowest BCUT2D eigenvalue weighted by molar-refractivity contribution is -0.118. The van der Waals surface area contributed by atoms with Gasteiger partial charge in [-0.25, -0.2) is 0 Å². The second-order valence-electron chi connectivity index (χ2n) is 5.08. The van der Waals surface area contributed by atoms with E-state index in [9.17, 15) is 9.36 Å². The van der Waals surface area contributed by atoms with Crippen LogP contribution in [0.4, 0.5) is 0 Å². The highest BCUT2D eigenvalue weighted by Crippen LogP contribution is 2.51. The van der Waals surface area contributed by atoms with Crippen LogP contribution in [-0.4, -0.2) is 32.1 Å². The van der Waals surface area contributed by atoms with Crippen molar-refractivity contribution in [1.29, 1.82) is 0 Å². The summed E-state index contributed by atoms with van der Waals surface area (Å²) in [6.07, 6.45) is 0.901. The second kappa shape index (κ2) is 9.21. The van der Waals surface area contributed by atoms with Gasteiger partial charge in [0.25, 0.3) is 0 Å². The van der Waals surface area contributed by atoms with Crippen LogP contribution in [-0.2, 0) is 31.0 Å². The van der Waals surface area contributed by atoms with Crippen LogP contribution in [0.3, 0.4) is 0 Å². The van der Waals surface area contributed by atoms with E-state index >= 15 is 0 Å². The zero-order valence-electron chi connectivity index (χ0n) is 13.8. The Balaban J connectivity index is 2.75. The number of hydrogen-bond donors (Lipinski definition) is 1. The van der Waals surface area contributed by atoms with Gasteiger partial charge in [0.1, 0.15) is 5.78 Å². The zero-order valence-corrected chi connectivity index (χ0v) is 14.7. The number of nitrogens with one attached hydrogen (secondary N) is 1. The largest absolute Gasteiger partial charge is 0.335 e. The summed E-state index contributed by atoms with van der Waals surface area (Å²) in [5, 5.41) is 3.00. The fraction of sp³-hybridized carbons (Fsp3) is 0.562. The summed E-state index contributed by atoms with van der Waals surface area (Å²) in [6, 6.07) is 7.54. The molecule has 22 heavy (non-hydrogen) atoms. The standard InChI is InChI=1S/C16H26NO4P/c1-5-20-22(19,21-6-2)12-15-9-7-14(8-10-15)11-16(17-4)13(3)18/h7-10,16-17H,5-6,11-12H2,1-4H3/t16-/m0/s1. The van der Waals surface area contributed by atoms with E-state index in [1.165, 1.54) is 0 Å². The first kappa shape index (κ1) is 19.0. The van der Waals surface area contributed by atoms with Crippen LogP contribution in [0.15, 0.2) is 24.3 Å². The number of benzene rings is 1. The van der Waals surface area contributed by atoms with Crippen molar-refractivity contribution < 1.29 is 18.4 Å². The molecule has 0 aromatic heterocycles. The first-order valence-electron chi connectivity index (χ1n) is 7.57. The van der Waals surface area contributed by atoms with Gasteiger partial charge in [-0.1, -0.05) is 24.3 Å². The Hall–Kier alpha value is -1.00. The van der Waals surface area contributed by atoms with Gasteiger partial charge in [-0.05, 0) is 45.4 Å². The minimum atomic E-state index is -3.07. The van der Waals surface area contributed by atoms with Crippen molar-refractivity contribution in [1.82, 2.24) is 5.32 Å². The summed E-state index contributed by atoms with van der Waals surface area (Å²) in [4.78, 5) is 11.4. The van der Waals surface area contributed by atoms with Crippen LogP contribution in [0, 0.1) is 0 Å². The molecule has 0 aliphatic rings. The number of Topliss-reactive ketones (excluding diaryl/α,β-unsaturated/α-hetero) is 1. The van der Waals surface area contributed by atoms with Gasteiger partial charge in [-0.2, -0.15) is 0 Å². The average molecular weight is 327 g/mol. The quantitative estimate of drug-likeness (QED) is 0.669. The van der Waals surface area contributed by atoms with E-state index in [0.29, 0.717) is 19.6 Å². The Morgan fingerprint density at radius 2 is 1.64 bits per heavy atom. The molecule has 0 bridgehead atoms. The van der Waals surface area contributed by atoms with Crippen LogP contribution in [0.5, 0.6) is 0 Å². The van der Waals surface area contributed by atoms with Gasteiger partial charge in [-0.15, -0.1) is 0 Å². The molecule has 1 aromatic rings. The average Bonchev–Trinajstić information content (AvgIpc) is 2.46. The third-order valence-electron chi connectivity index (χ3n) is 3.33. The molecule has 0 spiro atoms. The molecule has 0 saturated carbocycles. The maximum Gasteiger partial charge on any atom is 0.335 e. The molecule has 6 heteroatoms. The van der Waals surface area contributed by atoms with Crippen LogP contribution >= 0.6 is 7.60 Å². The topological polar surface area (TPSA) is 64.6 Å². The number of rotatable bonds is 10. The van der Waals surface area contributed by atoms with E-state index in [2.05, 4.69) is 5.32 Å². The van der Waals surface area contributed by atoms with Gasteiger partial charge in [0.2, 0.25) is 0 Å². The highest BCUT2D eigenvalue weighted by molar-refractivity contribution is 7.53. The number of carbonyl (C=O) groups excluding carboxylic acids is 1. The third-order valence-corrected chi connectivity index (χ3v) is 5.39. The first-order chi connectivity index (χ1) is 10.4. The summed E-state index contributed by atoms with van der Waals surface area (Å²) in [5.41, 5.74) is 1.96. The van der Waals surface area contributed by atoms with Crippen molar-refractivity contribution in [2.45, 2.75) is 39.4 Å². The Kier molecular flexibility index (Phi) is 7.97. The van der Waals surface area contributed by atoms with Crippen LogP contribution in [0.1, 0.15) is 31.9 Å². The SMILES string of the molecule is CCOP(=O)(Cc1ccc(C[C@H](NC)C(C)=O)cc1)OCC. The Bertz CT molecular complexity index is 505. The molecule has 0 fully saturated rings. The highest BCUT2D eigenvalue weighted by Gasteiger charge is 2.24. The van der Waals surface area contributed by atoms with Crippen molar-refractivity contribution in [3.05, 3.63) is 35.4 Å². The molecule has 1 rings (SSSR count). The molecular weight excluding hydrogens is 301 g/mol. The first-order valence-corrected chi connectivity index (χ1v) is 9.30. The lowest BCUT2D eigenvalue weighted by Gasteiger charge is -2.17. The fourth-order valence-corrected chi connectivity index (χ4v) is 3.91. The number of carbonyl (C=O) groups is 1. The van der Waals surface area contributed by atoms with Gasteiger partial charge in [-0.3, -0.25) is 9.36 Å². The summed E-state index contributed by atoms with van der Waals surface area (Å²) in [5.74, 6) is 0.115. The van der Waals surface area contributed by atoms with E-state index in [-0.39, 0.29) is 18.0 Å². The minimum absolute atomic E-state index is 0.115. The maximum absolute atomic E-state index is 12.5. The summed E-state index contributed by atoms with van der Waals surface area (Å²) >= 11 is 0. The number of likely N-dealkylation sites (N-methyl/N-ethyl adjacent to an activating group) is 1. The molecule has 5 nitrogen and oxygen atoms in total. The molecule has 0 heterocycles. The monoisotopic (exact) mass is 327 g/mol. The molecule has 0 saturated heterocycles. The second-order valence-corrected chi connectivity index (χ2v) is 7.13. The van der Waals surface area contributed by atoms with Crippen LogP contribution < -0.4 is 5.32 Å². The fourth-order valence-electron chi connectivity index (χ4n) is 2.21. The Labute approximate surface area is 132 Å². The van der Waals surface area contributed by atoms with E-state index < -0.39 is 7.60 Å². The van der Waals surface area contributed by atoms with E-state index in [4.69, 9.17) is 9.05 Å². The van der Waals surface area contributed by atoms with Gasteiger partial charge >= 0.3 is 7.60 Å². The molecule has 0 radical (unpaired) electrons. The normalized spacial score (nSPS) is 13.1. The van der Waals surface area contributed by atoms with E-state index in [1.807, 2.05) is 24.3 Å². The van der Waals surface area contributed by atoms with Crippen molar-refractivity contribution in [2.24, 2.45) is 0 Å². The molecule has 0 amide bonds. The molecule has 0 aliphatic heterocycles. The number of ketones is 1. The van der Waals surface area contributed by atoms with Gasteiger partial charge in [0.05, 0.1) is 25.4 Å². The van der Waals surface area contributed by atoms with Gasteiger partial charge in [0, 0.05) is 0 Å². The predicted octanol–water partition coefficient (Wildman–Crippen LogP) is 3.17. The minimum Gasteiger partial charge on any atom is -0.310 e. The molecule has 1 N–H and O–H groups in total. The molecule has 0 unspecified atom stereocenters. The predicted molar refractivity (Wildman–Crippen MR) is 88.2 cm³/mol. The van der Waals surface area contributed by atoms with Crippen LogP contribution in [0.25, 0.3) is 0 Å². The Morgan fingerprint density at radius 1 is 1.14 bits per heavy atom. The lowest BCUT2D eigenvalue weighted by Crippen LogP contribution is -2.34. The van der Waals surface area contributed by atoms with Gasteiger partial charge < -0.3 is 14.4 Å². The lowest BCUT2D eigenvalue weighted by atomic mass is 10.0. The van der Waals surface area contributed by atoms with Crippen LogP contribution in [0.2, 0.25) is 0 Å². The number of hydrogen-bond acceptors (Lipinski definition) is 5. The summed E-state index contributed by atoms with van der Waals surface area (Å²) < 4.78 is 23.1. The van der Waals surface area contributed by atoms with Crippen molar-refractivity contribution in [3.63, 3.8) is 0 Å². The van der Waals surface area contributed by atoms with Gasteiger partial charge in [0.15, 0.2) is 0 Å². The zero-order chi connectivity index (χ0) is 16.6. The molecule has 124 valence electrons. The van der Waals surface area contributed by atoms with Crippen molar-refractivity contribution in [2.75, 3.05) is 20.3 Å². The summed E-state index contributed by atoms with van der Waals surface area (Å²) in [6.45, 7) is 5.90. The molecule has 1 aromatic carbocycles. The summed E-state index contributed by atoms with van der Waals surface area (Å²) in [7, 11) is -1.29. The smallest absolute Gasteiger partial charge is 0.310 e. The van der Waals surface area contributed by atoms with Crippen molar-refractivity contribution in [3.8, 4) is 0 Å². The molecule has 1 atom stereocenters. The van der Waals surface area contributed by atoms with Crippen molar-refractivity contribution >= 4 is 13.4 Å². The highest BCUT2D eigenvalue weighted by atomic mass is 31.2. The third kappa shape index (κ3) is 6.01. The molecule has 0 aliphatic carbocycles. The van der Waals surface area contributed by atoms with E-state index in [0.717, 1.165) is 11.1 Å².